The van der Waals surface area contributed by atoms with Crippen LogP contribution in [0.1, 0.15) is 25.7 Å². The van der Waals surface area contributed by atoms with Gasteiger partial charge >= 0.3 is 0 Å². The highest BCUT2D eigenvalue weighted by atomic mass is 16.3. The van der Waals surface area contributed by atoms with Crippen molar-refractivity contribution in [2.75, 3.05) is 26.7 Å². The van der Waals surface area contributed by atoms with Crippen LogP contribution in [0.5, 0.6) is 0 Å². The van der Waals surface area contributed by atoms with Gasteiger partial charge in [-0.15, -0.1) is 0 Å². The number of nitrogens with zero attached hydrogens (tertiary/aromatic N) is 2. The lowest BCUT2D eigenvalue weighted by Gasteiger charge is -2.38. The van der Waals surface area contributed by atoms with Gasteiger partial charge in [0.25, 0.3) is 0 Å². The first kappa shape index (κ1) is 9.44. The summed E-state index contributed by atoms with van der Waals surface area (Å²) in [6, 6.07) is 0. The molecule has 2 aliphatic rings. The third-order valence-electron chi connectivity index (χ3n) is 3.35. The maximum atomic E-state index is 9.46. The van der Waals surface area contributed by atoms with E-state index in [4.69, 9.17) is 0 Å². The number of aliphatic hydroxyl groups excluding tert-OH is 1. The van der Waals surface area contributed by atoms with E-state index in [0.717, 1.165) is 19.5 Å². The van der Waals surface area contributed by atoms with Gasteiger partial charge in [-0.2, -0.15) is 0 Å². The van der Waals surface area contributed by atoms with Crippen molar-refractivity contribution in [1.29, 1.82) is 0 Å². The number of likely N-dealkylation sites (tertiary alicyclic amines) is 2. The highest BCUT2D eigenvalue weighted by Crippen LogP contribution is 2.22. The minimum atomic E-state index is -0.0738. The number of aliphatic hydroxyl groups is 1. The standard InChI is InChI=1S/C10H20N2O/c1-11-6-3-2-4-10(11)12-7-5-9(13)8-12/h9-10,13H,2-8H2,1H3. The van der Waals surface area contributed by atoms with Crippen LogP contribution in [0, 0.1) is 0 Å². The summed E-state index contributed by atoms with van der Waals surface area (Å²) < 4.78 is 0. The molecule has 0 aromatic carbocycles. The Balaban J connectivity index is 1.91. The van der Waals surface area contributed by atoms with Crippen molar-refractivity contribution in [3.8, 4) is 0 Å². The summed E-state index contributed by atoms with van der Waals surface area (Å²) in [6.45, 7) is 3.18. The number of β-amino-alcohol motifs (C(OH)–C–C–N with tert-alkyl or cyclic N) is 1. The number of hydrogen-bond donors (Lipinski definition) is 1. The molecule has 2 unspecified atom stereocenters. The molecule has 0 aliphatic carbocycles. The summed E-state index contributed by atoms with van der Waals surface area (Å²) in [6.07, 6.45) is 5.46. The highest BCUT2D eigenvalue weighted by molar-refractivity contribution is 4.82. The molecule has 0 aromatic heterocycles. The molecular weight excluding hydrogens is 164 g/mol. The zero-order valence-electron chi connectivity index (χ0n) is 8.45. The molecule has 0 aromatic rings. The van der Waals surface area contributed by atoms with Crippen LogP contribution in [0.2, 0.25) is 0 Å². The average Bonchev–Trinajstić information content (AvgIpc) is 2.53. The largest absolute Gasteiger partial charge is 0.392 e. The minimum absolute atomic E-state index is 0.0738. The van der Waals surface area contributed by atoms with Gasteiger partial charge in [-0.05, 0) is 39.3 Å². The van der Waals surface area contributed by atoms with Crippen LogP contribution in [-0.4, -0.2) is 53.9 Å². The van der Waals surface area contributed by atoms with Crippen LogP contribution >= 0.6 is 0 Å². The normalized spacial score (nSPS) is 38.3. The fourth-order valence-electron chi connectivity index (χ4n) is 2.56. The summed E-state index contributed by atoms with van der Waals surface area (Å²) in [5.74, 6) is 0. The van der Waals surface area contributed by atoms with Crippen molar-refractivity contribution in [3.63, 3.8) is 0 Å². The summed E-state index contributed by atoms with van der Waals surface area (Å²) in [5.41, 5.74) is 0. The molecular formula is C10H20N2O. The molecule has 0 saturated carbocycles. The maximum absolute atomic E-state index is 9.46. The van der Waals surface area contributed by atoms with Gasteiger partial charge in [0.05, 0.1) is 12.3 Å². The zero-order valence-corrected chi connectivity index (χ0v) is 8.45. The molecule has 2 atom stereocenters. The first-order valence-electron chi connectivity index (χ1n) is 5.40. The van der Waals surface area contributed by atoms with Crippen molar-refractivity contribution in [2.24, 2.45) is 0 Å². The molecule has 76 valence electrons. The van der Waals surface area contributed by atoms with Crippen LogP contribution in [0.4, 0.5) is 0 Å². The number of hydrogen-bond acceptors (Lipinski definition) is 3. The van der Waals surface area contributed by atoms with E-state index in [1.807, 2.05) is 0 Å². The van der Waals surface area contributed by atoms with Crippen LogP contribution in [0.15, 0.2) is 0 Å². The van der Waals surface area contributed by atoms with E-state index in [9.17, 15) is 5.11 Å². The molecule has 2 saturated heterocycles. The van der Waals surface area contributed by atoms with E-state index in [-0.39, 0.29) is 6.10 Å². The van der Waals surface area contributed by atoms with Gasteiger partial charge in [-0.1, -0.05) is 0 Å². The Kier molecular flexibility index (Phi) is 2.86. The third-order valence-corrected chi connectivity index (χ3v) is 3.35. The van der Waals surface area contributed by atoms with E-state index in [1.165, 1.54) is 25.8 Å². The molecule has 2 rings (SSSR count). The minimum Gasteiger partial charge on any atom is -0.392 e. The second-order valence-electron chi connectivity index (χ2n) is 4.39. The fraction of sp³-hybridized carbons (Fsp3) is 1.00. The van der Waals surface area contributed by atoms with Gasteiger partial charge in [-0.3, -0.25) is 9.80 Å². The quantitative estimate of drug-likeness (QED) is 0.642. The molecule has 2 fully saturated rings. The van der Waals surface area contributed by atoms with Crippen molar-refractivity contribution < 1.29 is 5.11 Å². The molecule has 0 amide bonds. The average molecular weight is 184 g/mol. The first-order chi connectivity index (χ1) is 6.27. The fourth-order valence-corrected chi connectivity index (χ4v) is 2.56. The van der Waals surface area contributed by atoms with Crippen LogP contribution in [0.3, 0.4) is 0 Å². The highest BCUT2D eigenvalue weighted by Gasteiger charge is 2.30. The SMILES string of the molecule is CN1CCCCC1N1CCC(O)C1. The summed E-state index contributed by atoms with van der Waals surface area (Å²) in [7, 11) is 2.20. The van der Waals surface area contributed by atoms with Gasteiger partial charge in [-0.25, -0.2) is 0 Å². The Labute approximate surface area is 80.3 Å². The molecule has 2 aliphatic heterocycles. The first-order valence-corrected chi connectivity index (χ1v) is 5.40. The van der Waals surface area contributed by atoms with E-state index >= 15 is 0 Å². The molecule has 3 nitrogen and oxygen atoms in total. The Hall–Kier alpha value is -0.120. The number of piperidine rings is 1. The predicted molar refractivity (Wildman–Crippen MR) is 52.5 cm³/mol. The Morgan fingerprint density at radius 3 is 2.62 bits per heavy atom. The van der Waals surface area contributed by atoms with Crippen molar-refractivity contribution >= 4 is 0 Å². The lowest BCUT2D eigenvalue weighted by atomic mass is 10.1. The Morgan fingerprint density at radius 2 is 2.00 bits per heavy atom. The second kappa shape index (κ2) is 3.95. The molecule has 0 bridgehead atoms. The van der Waals surface area contributed by atoms with Crippen molar-refractivity contribution in [2.45, 2.75) is 38.0 Å². The van der Waals surface area contributed by atoms with E-state index in [1.54, 1.807) is 0 Å². The molecule has 2 heterocycles. The summed E-state index contributed by atoms with van der Waals surface area (Å²) in [4.78, 5) is 4.87. The second-order valence-corrected chi connectivity index (χ2v) is 4.39. The van der Waals surface area contributed by atoms with E-state index in [2.05, 4.69) is 16.8 Å². The summed E-state index contributed by atoms with van der Waals surface area (Å²) in [5, 5.41) is 9.46. The van der Waals surface area contributed by atoms with Crippen LogP contribution in [0.25, 0.3) is 0 Å². The smallest absolute Gasteiger partial charge is 0.0679 e. The molecule has 1 N–H and O–H groups in total. The van der Waals surface area contributed by atoms with Crippen LogP contribution < -0.4 is 0 Å². The van der Waals surface area contributed by atoms with E-state index in [0.29, 0.717) is 6.17 Å². The molecule has 3 heteroatoms. The van der Waals surface area contributed by atoms with Gasteiger partial charge < -0.3 is 5.11 Å². The summed E-state index contributed by atoms with van der Waals surface area (Å²) >= 11 is 0. The van der Waals surface area contributed by atoms with Gasteiger partial charge in [0.1, 0.15) is 0 Å². The lowest BCUT2D eigenvalue weighted by Crippen LogP contribution is -2.48. The van der Waals surface area contributed by atoms with Gasteiger partial charge in [0.15, 0.2) is 0 Å². The third kappa shape index (κ3) is 2.03. The molecule has 0 radical (unpaired) electrons. The number of rotatable bonds is 1. The molecule has 0 spiro atoms. The Morgan fingerprint density at radius 1 is 1.15 bits per heavy atom. The van der Waals surface area contributed by atoms with Crippen molar-refractivity contribution in [3.05, 3.63) is 0 Å². The van der Waals surface area contributed by atoms with Gasteiger partial charge in [0, 0.05) is 13.1 Å². The predicted octanol–water partition coefficient (Wildman–Crippen LogP) is 0.495. The zero-order chi connectivity index (χ0) is 9.26. The van der Waals surface area contributed by atoms with Crippen molar-refractivity contribution in [1.82, 2.24) is 9.80 Å². The Bertz CT molecular complexity index is 174. The molecule has 13 heavy (non-hydrogen) atoms. The van der Waals surface area contributed by atoms with E-state index < -0.39 is 0 Å². The van der Waals surface area contributed by atoms with Gasteiger partial charge in [0.2, 0.25) is 0 Å². The lowest BCUT2D eigenvalue weighted by molar-refractivity contribution is 0.0391. The topological polar surface area (TPSA) is 26.7 Å². The maximum Gasteiger partial charge on any atom is 0.0679 e. The van der Waals surface area contributed by atoms with Crippen LogP contribution in [-0.2, 0) is 0 Å². The monoisotopic (exact) mass is 184 g/mol.